The molecule has 5 nitrogen and oxygen atoms in total. The monoisotopic (exact) mass is 365 g/mol. The first-order chi connectivity index (χ1) is 12.8. The molecule has 132 valence electrons. The molecule has 1 amide bonds. The second-order valence-corrected chi connectivity index (χ2v) is 7.91. The second kappa shape index (κ2) is 6.36. The lowest BCUT2D eigenvalue weighted by molar-refractivity contribution is -0.117. The van der Waals surface area contributed by atoms with E-state index in [2.05, 4.69) is 28.3 Å². The number of aromatic nitrogens is 2. The Morgan fingerprint density at radius 2 is 2.08 bits per heavy atom. The molecule has 1 unspecified atom stereocenters. The zero-order valence-electron chi connectivity index (χ0n) is 14.4. The molecule has 3 aromatic rings. The lowest BCUT2D eigenvalue weighted by Gasteiger charge is -2.25. The van der Waals surface area contributed by atoms with Gasteiger partial charge in [0.05, 0.1) is 4.88 Å². The molecule has 5 rings (SSSR count). The van der Waals surface area contributed by atoms with E-state index in [1.54, 1.807) is 11.3 Å². The van der Waals surface area contributed by atoms with E-state index in [1.165, 1.54) is 24.0 Å². The van der Waals surface area contributed by atoms with Crippen LogP contribution in [0.2, 0.25) is 0 Å². The van der Waals surface area contributed by atoms with E-state index in [-0.39, 0.29) is 11.8 Å². The van der Waals surface area contributed by atoms with Gasteiger partial charge in [-0.1, -0.05) is 23.4 Å². The molecule has 3 heterocycles. The van der Waals surface area contributed by atoms with Crippen LogP contribution in [0.3, 0.4) is 0 Å². The predicted molar refractivity (Wildman–Crippen MR) is 100 cm³/mol. The molecule has 0 bridgehead atoms. The minimum atomic E-state index is -0.0144. The van der Waals surface area contributed by atoms with Crippen molar-refractivity contribution in [2.45, 2.75) is 38.0 Å². The van der Waals surface area contributed by atoms with Gasteiger partial charge in [-0.3, -0.25) is 4.79 Å². The SMILES string of the molecule is O=C1CC(c2noc(-c3cccs3)n2)CN1c1cccc2c1CCCC2. The number of carbonyl (C=O) groups excluding carboxylic acids is 1. The fourth-order valence-corrected chi connectivity index (χ4v) is 4.67. The lowest BCUT2D eigenvalue weighted by atomic mass is 9.90. The Hall–Kier alpha value is -2.47. The Morgan fingerprint density at radius 3 is 2.96 bits per heavy atom. The summed E-state index contributed by atoms with van der Waals surface area (Å²) in [5, 5.41) is 6.13. The van der Waals surface area contributed by atoms with Crippen molar-refractivity contribution in [3.05, 3.63) is 52.7 Å². The van der Waals surface area contributed by atoms with Crippen molar-refractivity contribution in [2.75, 3.05) is 11.4 Å². The predicted octanol–water partition coefficient (Wildman–Crippen LogP) is 4.20. The summed E-state index contributed by atoms with van der Waals surface area (Å²) in [4.78, 5) is 20.1. The summed E-state index contributed by atoms with van der Waals surface area (Å²) < 4.78 is 5.41. The molecule has 1 aromatic carbocycles. The van der Waals surface area contributed by atoms with E-state index in [4.69, 9.17) is 4.52 Å². The van der Waals surface area contributed by atoms with Crippen LogP contribution in [-0.2, 0) is 17.6 Å². The minimum Gasteiger partial charge on any atom is -0.333 e. The molecular formula is C20H19N3O2S. The summed E-state index contributed by atoms with van der Waals surface area (Å²) in [6.07, 6.45) is 5.05. The summed E-state index contributed by atoms with van der Waals surface area (Å²) in [6.45, 7) is 0.624. The Morgan fingerprint density at radius 1 is 1.15 bits per heavy atom. The Labute approximate surface area is 155 Å². The standard InChI is InChI=1S/C20H19N3O2S/c24-18-11-14(19-21-20(25-22-19)17-9-4-10-26-17)12-23(18)16-8-3-6-13-5-1-2-7-15(13)16/h3-4,6,8-10,14H,1-2,5,7,11-12H2. The third-order valence-electron chi connectivity index (χ3n) is 5.33. The average Bonchev–Trinajstić information content (AvgIpc) is 3.41. The van der Waals surface area contributed by atoms with E-state index >= 15 is 0 Å². The fraction of sp³-hybridized carbons (Fsp3) is 0.350. The Balaban J connectivity index is 1.42. The summed E-state index contributed by atoms with van der Waals surface area (Å²) in [5.41, 5.74) is 3.82. The van der Waals surface area contributed by atoms with Crippen LogP contribution in [-0.4, -0.2) is 22.6 Å². The topological polar surface area (TPSA) is 59.2 Å². The third-order valence-corrected chi connectivity index (χ3v) is 6.18. The van der Waals surface area contributed by atoms with Gasteiger partial charge in [0.15, 0.2) is 5.82 Å². The van der Waals surface area contributed by atoms with E-state index in [9.17, 15) is 4.79 Å². The molecule has 0 spiro atoms. The third kappa shape index (κ3) is 2.65. The lowest BCUT2D eigenvalue weighted by Crippen LogP contribution is -2.26. The normalized spacial score (nSPS) is 19.8. The number of hydrogen-bond donors (Lipinski definition) is 0. The number of carbonyl (C=O) groups is 1. The van der Waals surface area contributed by atoms with Gasteiger partial charge < -0.3 is 9.42 Å². The minimum absolute atomic E-state index is 0.0144. The molecule has 1 saturated heterocycles. The van der Waals surface area contributed by atoms with Gasteiger partial charge in [0.2, 0.25) is 5.91 Å². The molecule has 6 heteroatoms. The number of fused-ring (bicyclic) bond motifs is 1. The van der Waals surface area contributed by atoms with Crippen LogP contribution in [0.1, 0.15) is 42.1 Å². The number of benzene rings is 1. The molecule has 1 atom stereocenters. The first kappa shape index (κ1) is 15.8. The van der Waals surface area contributed by atoms with Gasteiger partial charge in [-0.05, 0) is 54.3 Å². The maximum atomic E-state index is 12.7. The van der Waals surface area contributed by atoms with Crippen molar-refractivity contribution in [2.24, 2.45) is 0 Å². The van der Waals surface area contributed by atoms with E-state index < -0.39 is 0 Å². The maximum absolute atomic E-state index is 12.7. The van der Waals surface area contributed by atoms with E-state index in [1.807, 2.05) is 22.4 Å². The molecule has 2 aliphatic rings. The molecule has 1 fully saturated rings. The van der Waals surface area contributed by atoms with Crippen LogP contribution in [0.4, 0.5) is 5.69 Å². The van der Waals surface area contributed by atoms with E-state index in [0.29, 0.717) is 24.7 Å². The van der Waals surface area contributed by atoms with Crippen molar-refractivity contribution < 1.29 is 9.32 Å². The molecule has 0 radical (unpaired) electrons. The van der Waals surface area contributed by atoms with Crippen molar-refractivity contribution in [1.29, 1.82) is 0 Å². The molecule has 0 N–H and O–H groups in total. The van der Waals surface area contributed by atoms with Crippen LogP contribution in [0.5, 0.6) is 0 Å². The van der Waals surface area contributed by atoms with Crippen molar-refractivity contribution in [3.63, 3.8) is 0 Å². The Kier molecular flexibility index (Phi) is 3.85. The summed E-state index contributed by atoms with van der Waals surface area (Å²) in [5.74, 6) is 1.31. The number of rotatable bonds is 3. The van der Waals surface area contributed by atoms with Gasteiger partial charge in [0, 0.05) is 24.6 Å². The van der Waals surface area contributed by atoms with E-state index in [0.717, 1.165) is 23.4 Å². The largest absolute Gasteiger partial charge is 0.333 e. The first-order valence-electron chi connectivity index (χ1n) is 9.08. The van der Waals surface area contributed by atoms with Crippen LogP contribution in [0.15, 0.2) is 40.2 Å². The molecule has 0 saturated carbocycles. The van der Waals surface area contributed by atoms with Crippen LogP contribution >= 0.6 is 11.3 Å². The molecule has 1 aliphatic carbocycles. The van der Waals surface area contributed by atoms with Gasteiger partial charge in [0.1, 0.15) is 0 Å². The number of amides is 1. The first-order valence-corrected chi connectivity index (χ1v) is 9.96. The summed E-state index contributed by atoms with van der Waals surface area (Å²) in [7, 11) is 0. The number of hydrogen-bond acceptors (Lipinski definition) is 5. The van der Waals surface area contributed by atoms with Gasteiger partial charge in [-0.25, -0.2) is 0 Å². The van der Waals surface area contributed by atoms with Gasteiger partial charge in [0.25, 0.3) is 5.89 Å². The highest BCUT2D eigenvalue weighted by atomic mass is 32.1. The smallest absolute Gasteiger partial charge is 0.267 e. The van der Waals surface area contributed by atoms with Crippen LogP contribution in [0, 0.1) is 0 Å². The highest BCUT2D eigenvalue weighted by Crippen LogP contribution is 2.36. The van der Waals surface area contributed by atoms with Gasteiger partial charge in [-0.2, -0.15) is 4.98 Å². The summed E-state index contributed by atoms with van der Waals surface area (Å²) in [6, 6.07) is 10.3. The number of anilines is 1. The average molecular weight is 365 g/mol. The van der Waals surface area contributed by atoms with Crippen molar-refractivity contribution >= 4 is 22.9 Å². The second-order valence-electron chi connectivity index (χ2n) is 6.96. The quantitative estimate of drug-likeness (QED) is 0.698. The molecule has 1 aliphatic heterocycles. The van der Waals surface area contributed by atoms with Crippen LogP contribution < -0.4 is 4.90 Å². The maximum Gasteiger partial charge on any atom is 0.267 e. The number of thiophene rings is 1. The molecule has 26 heavy (non-hydrogen) atoms. The zero-order valence-corrected chi connectivity index (χ0v) is 15.2. The van der Waals surface area contributed by atoms with Crippen molar-refractivity contribution in [3.8, 4) is 10.8 Å². The molecule has 2 aromatic heterocycles. The molecular weight excluding hydrogens is 346 g/mol. The fourth-order valence-electron chi connectivity index (χ4n) is 4.03. The van der Waals surface area contributed by atoms with Crippen molar-refractivity contribution in [1.82, 2.24) is 10.1 Å². The summed E-state index contributed by atoms with van der Waals surface area (Å²) >= 11 is 1.57. The Bertz CT molecular complexity index is 948. The van der Waals surface area contributed by atoms with Gasteiger partial charge in [-0.15, -0.1) is 11.3 Å². The zero-order chi connectivity index (χ0) is 17.5. The highest BCUT2D eigenvalue weighted by Gasteiger charge is 2.36. The highest BCUT2D eigenvalue weighted by molar-refractivity contribution is 7.13. The van der Waals surface area contributed by atoms with Crippen LogP contribution in [0.25, 0.3) is 10.8 Å². The number of nitrogens with zero attached hydrogens (tertiary/aromatic N) is 3. The van der Waals surface area contributed by atoms with Gasteiger partial charge >= 0.3 is 0 Å². The number of aryl methyl sites for hydroxylation is 1.